The van der Waals surface area contributed by atoms with Gasteiger partial charge in [-0.05, 0) is 37.2 Å². The minimum atomic E-state index is -0.683. The molecule has 6 heteroatoms. The first kappa shape index (κ1) is 12.4. The summed E-state index contributed by atoms with van der Waals surface area (Å²) >= 11 is 1.31. The summed E-state index contributed by atoms with van der Waals surface area (Å²) in [6, 6.07) is 2.19. The summed E-state index contributed by atoms with van der Waals surface area (Å²) in [5.41, 5.74) is 0.736. The second-order valence-corrected chi connectivity index (χ2v) is 6.24. The molecule has 1 aliphatic carbocycles. The molecule has 1 aliphatic heterocycles. The fourth-order valence-electron chi connectivity index (χ4n) is 3.50. The lowest BCUT2D eigenvalue weighted by atomic mass is 9.81. The van der Waals surface area contributed by atoms with E-state index in [1.807, 2.05) is 6.92 Å². The molecule has 0 aromatic carbocycles. The van der Waals surface area contributed by atoms with Gasteiger partial charge in [-0.25, -0.2) is 0 Å². The Balaban J connectivity index is 1.94. The Bertz CT molecular complexity index is 577. The van der Waals surface area contributed by atoms with Crippen LogP contribution in [0.5, 0.6) is 0 Å². The number of rotatable bonds is 2. The van der Waals surface area contributed by atoms with E-state index in [4.69, 9.17) is 0 Å². The van der Waals surface area contributed by atoms with Crippen LogP contribution in [0, 0.1) is 29.6 Å². The van der Waals surface area contributed by atoms with Crippen molar-refractivity contribution in [1.29, 1.82) is 5.26 Å². The third-order valence-corrected chi connectivity index (χ3v) is 5.54. The van der Waals surface area contributed by atoms with Gasteiger partial charge in [0.25, 0.3) is 0 Å². The van der Waals surface area contributed by atoms with Crippen LogP contribution in [-0.4, -0.2) is 28.5 Å². The number of carboxylic acids is 1. The van der Waals surface area contributed by atoms with Crippen molar-refractivity contribution in [2.75, 3.05) is 18.0 Å². The Labute approximate surface area is 115 Å². The molecule has 0 radical (unpaired) electrons. The zero-order chi connectivity index (χ0) is 13.6. The van der Waals surface area contributed by atoms with E-state index in [-0.39, 0.29) is 5.92 Å². The maximum atomic E-state index is 11.6. The van der Waals surface area contributed by atoms with Crippen LogP contribution in [-0.2, 0) is 4.79 Å². The number of aliphatic carboxylic acids is 1. The van der Waals surface area contributed by atoms with E-state index in [1.165, 1.54) is 11.5 Å². The fraction of sp³-hybridized carbons (Fsp3) is 0.615. The quantitative estimate of drug-likeness (QED) is 0.894. The number of hydrogen-bond donors (Lipinski definition) is 1. The standard InChI is InChI=1S/C13H15N3O2S/c1-8-10(5-14)11(19-15-8)16-6-9-3-2-4-13(9,7-16)12(17)18/h9H,2-4,6-7H2,1H3,(H,17,18)/t9-,13+/m0/s1. The van der Waals surface area contributed by atoms with Crippen LogP contribution in [0.1, 0.15) is 30.5 Å². The Morgan fingerprint density at radius 1 is 1.68 bits per heavy atom. The zero-order valence-electron chi connectivity index (χ0n) is 10.7. The van der Waals surface area contributed by atoms with Gasteiger partial charge >= 0.3 is 5.97 Å². The molecule has 0 unspecified atom stereocenters. The van der Waals surface area contributed by atoms with Crippen molar-refractivity contribution in [2.24, 2.45) is 11.3 Å². The van der Waals surface area contributed by atoms with E-state index < -0.39 is 11.4 Å². The maximum absolute atomic E-state index is 11.6. The predicted octanol–water partition coefficient (Wildman–Crippen LogP) is 2.01. The SMILES string of the molecule is Cc1nsc(N2C[C@@H]3CCC[C@@]3(C(=O)O)C2)c1C#N. The van der Waals surface area contributed by atoms with Crippen molar-refractivity contribution in [1.82, 2.24) is 4.37 Å². The summed E-state index contributed by atoms with van der Waals surface area (Å²) in [5.74, 6) is -0.476. The smallest absolute Gasteiger partial charge is 0.311 e. The number of fused-ring (bicyclic) bond motifs is 1. The summed E-state index contributed by atoms with van der Waals surface area (Å²) in [5, 5.41) is 19.6. The third-order valence-electron chi connectivity index (χ3n) is 4.54. The molecule has 2 atom stereocenters. The zero-order valence-corrected chi connectivity index (χ0v) is 11.5. The van der Waals surface area contributed by atoms with Gasteiger partial charge in [-0.15, -0.1) is 0 Å². The Hall–Kier alpha value is -1.61. The predicted molar refractivity (Wildman–Crippen MR) is 71.2 cm³/mol. The fourth-order valence-corrected chi connectivity index (χ4v) is 4.35. The Morgan fingerprint density at radius 2 is 2.47 bits per heavy atom. The van der Waals surface area contributed by atoms with Gasteiger partial charge in [0.1, 0.15) is 16.6 Å². The average Bonchev–Trinajstić information content (AvgIpc) is 2.99. The van der Waals surface area contributed by atoms with Gasteiger partial charge in [0.2, 0.25) is 0 Å². The number of anilines is 1. The minimum absolute atomic E-state index is 0.207. The van der Waals surface area contributed by atoms with Crippen LogP contribution >= 0.6 is 11.5 Å². The number of aromatic nitrogens is 1. The highest BCUT2D eigenvalue weighted by molar-refractivity contribution is 7.10. The summed E-state index contributed by atoms with van der Waals surface area (Å²) in [7, 11) is 0. The number of aryl methyl sites for hydroxylation is 1. The topological polar surface area (TPSA) is 77.2 Å². The number of hydrogen-bond acceptors (Lipinski definition) is 5. The number of nitriles is 1. The molecular formula is C13H15N3O2S. The molecule has 0 bridgehead atoms. The van der Waals surface area contributed by atoms with Gasteiger partial charge in [-0.1, -0.05) is 6.42 Å². The minimum Gasteiger partial charge on any atom is -0.481 e. The van der Waals surface area contributed by atoms with E-state index in [0.717, 1.165) is 36.5 Å². The van der Waals surface area contributed by atoms with Gasteiger partial charge in [0.15, 0.2) is 0 Å². The molecule has 5 nitrogen and oxygen atoms in total. The first-order valence-electron chi connectivity index (χ1n) is 6.43. The lowest BCUT2D eigenvalue weighted by molar-refractivity contribution is -0.149. The van der Waals surface area contributed by atoms with Crippen LogP contribution in [0.3, 0.4) is 0 Å². The lowest BCUT2D eigenvalue weighted by Crippen LogP contribution is -2.35. The Kier molecular flexibility index (Phi) is 2.75. The van der Waals surface area contributed by atoms with Crippen molar-refractivity contribution in [2.45, 2.75) is 26.2 Å². The van der Waals surface area contributed by atoms with E-state index in [2.05, 4.69) is 15.3 Å². The van der Waals surface area contributed by atoms with E-state index in [9.17, 15) is 15.2 Å². The highest BCUT2D eigenvalue weighted by Gasteiger charge is 2.55. The van der Waals surface area contributed by atoms with Crippen molar-refractivity contribution in [3.05, 3.63) is 11.3 Å². The highest BCUT2D eigenvalue weighted by Crippen LogP contribution is 2.50. The molecule has 1 N–H and O–H groups in total. The maximum Gasteiger partial charge on any atom is 0.311 e. The number of nitrogens with zero attached hydrogens (tertiary/aromatic N) is 3. The van der Waals surface area contributed by atoms with Gasteiger partial charge in [0, 0.05) is 13.1 Å². The molecule has 1 saturated carbocycles. The first-order valence-corrected chi connectivity index (χ1v) is 7.20. The molecule has 0 amide bonds. The number of carbonyl (C=O) groups is 1. The summed E-state index contributed by atoms with van der Waals surface area (Å²) in [6.45, 7) is 3.08. The molecule has 1 aromatic heterocycles. The van der Waals surface area contributed by atoms with E-state index in [0.29, 0.717) is 12.1 Å². The molecule has 19 heavy (non-hydrogen) atoms. The van der Waals surface area contributed by atoms with Crippen molar-refractivity contribution < 1.29 is 9.90 Å². The molecule has 2 aliphatic rings. The molecule has 1 aromatic rings. The largest absolute Gasteiger partial charge is 0.481 e. The monoisotopic (exact) mass is 277 g/mol. The average molecular weight is 277 g/mol. The summed E-state index contributed by atoms with van der Waals surface area (Å²) < 4.78 is 4.22. The van der Waals surface area contributed by atoms with E-state index >= 15 is 0 Å². The summed E-state index contributed by atoms with van der Waals surface area (Å²) in [4.78, 5) is 13.7. The van der Waals surface area contributed by atoms with Crippen LogP contribution in [0.4, 0.5) is 5.00 Å². The molecule has 2 fully saturated rings. The molecule has 2 heterocycles. The van der Waals surface area contributed by atoms with Crippen molar-refractivity contribution in [3.8, 4) is 6.07 Å². The van der Waals surface area contributed by atoms with Crippen molar-refractivity contribution >= 4 is 22.5 Å². The third kappa shape index (κ3) is 1.65. The molecular weight excluding hydrogens is 262 g/mol. The normalized spacial score (nSPS) is 29.3. The van der Waals surface area contributed by atoms with E-state index in [1.54, 1.807) is 0 Å². The second-order valence-electron chi connectivity index (χ2n) is 5.49. The van der Waals surface area contributed by atoms with Crippen LogP contribution in [0.15, 0.2) is 0 Å². The second kappa shape index (κ2) is 4.20. The highest BCUT2D eigenvalue weighted by atomic mass is 32.1. The van der Waals surface area contributed by atoms with Gasteiger partial charge in [-0.2, -0.15) is 9.64 Å². The van der Waals surface area contributed by atoms with Gasteiger partial charge in [-0.3, -0.25) is 4.79 Å². The Morgan fingerprint density at radius 3 is 3.11 bits per heavy atom. The van der Waals surface area contributed by atoms with Crippen LogP contribution in [0.25, 0.3) is 0 Å². The van der Waals surface area contributed by atoms with Gasteiger partial charge in [0.05, 0.1) is 11.1 Å². The molecule has 3 rings (SSSR count). The summed E-state index contributed by atoms with van der Waals surface area (Å²) in [6.07, 6.45) is 2.73. The van der Waals surface area contributed by atoms with Crippen molar-refractivity contribution in [3.63, 3.8) is 0 Å². The molecule has 100 valence electrons. The molecule has 1 saturated heterocycles. The van der Waals surface area contributed by atoms with Gasteiger partial charge < -0.3 is 10.0 Å². The molecule has 0 spiro atoms. The first-order chi connectivity index (χ1) is 9.08. The van der Waals surface area contributed by atoms with Crippen LogP contribution < -0.4 is 4.90 Å². The van der Waals surface area contributed by atoms with Crippen LogP contribution in [0.2, 0.25) is 0 Å². The number of carboxylic acid groups (broad SMARTS) is 1. The lowest BCUT2D eigenvalue weighted by Gasteiger charge is -2.23.